The maximum Gasteiger partial charge on any atom is 0.254 e. The van der Waals surface area contributed by atoms with Gasteiger partial charge in [0.2, 0.25) is 0 Å². The molecule has 1 aliphatic heterocycles. The van der Waals surface area contributed by atoms with Crippen LogP contribution in [0.2, 0.25) is 0 Å². The number of hydrogen-bond donors (Lipinski definition) is 1. The Hall–Kier alpha value is -1.55. The zero-order valence-electron chi connectivity index (χ0n) is 10.8. The summed E-state index contributed by atoms with van der Waals surface area (Å²) in [5, 5.41) is 9.61. The minimum absolute atomic E-state index is 0.0384. The average molecular weight is 249 g/mol. The summed E-state index contributed by atoms with van der Waals surface area (Å²) in [4.78, 5) is 13.7. The Balaban J connectivity index is 1.95. The van der Waals surface area contributed by atoms with Gasteiger partial charge in [0.05, 0.1) is 25.3 Å². The van der Waals surface area contributed by atoms with Gasteiger partial charge in [-0.2, -0.15) is 0 Å². The molecule has 0 unspecified atom stereocenters. The van der Waals surface area contributed by atoms with Gasteiger partial charge in [-0.15, -0.1) is 0 Å². The molecule has 0 aliphatic carbocycles. The lowest BCUT2D eigenvalue weighted by atomic mass is 9.96. The van der Waals surface area contributed by atoms with Crippen LogP contribution in [0.4, 0.5) is 0 Å². The van der Waals surface area contributed by atoms with Gasteiger partial charge in [-0.3, -0.25) is 4.79 Å². The molecule has 0 bridgehead atoms. The van der Waals surface area contributed by atoms with Gasteiger partial charge in [0, 0.05) is 5.56 Å². The summed E-state index contributed by atoms with van der Waals surface area (Å²) in [6.45, 7) is 5.27. The summed E-state index contributed by atoms with van der Waals surface area (Å²) in [5.74, 6) is 0.743. The molecule has 0 saturated carbocycles. The van der Waals surface area contributed by atoms with Crippen molar-refractivity contribution in [1.82, 2.24) is 4.90 Å². The maximum atomic E-state index is 12.0. The molecule has 1 aromatic rings. The summed E-state index contributed by atoms with van der Waals surface area (Å²) >= 11 is 0. The van der Waals surface area contributed by atoms with Gasteiger partial charge in [0.1, 0.15) is 5.75 Å². The van der Waals surface area contributed by atoms with Gasteiger partial charge in [-0.05, 0) is 37.6 Å². The van der Waals surface area contributed by atoms with Crippen LogP contribution in [0.1, 0.15) is 30.6 Å². The monoisotopic (exact) mass is 249 g/mol. The molecule has 1 fully saturated rings. The molecular formula is C14H19NO3. The number of aliphatic hydroxyl groups is 1. The Bertz CT molecular complexity index is 417. The van der Waals surface area contributed by atoms with Gasteiger partial charge in [0.25, 0.3) is 5.91 Å². The molecule has 1 heterocycles. The number of likely N-dealkylation sites (tertiary alicyclic amines) is 1. The summed E-state index contributed by atoms with van der Waals surface area (Å²) in [5.41, 5.74) is -0.0887. The normalized spacial score (nSPS) is 17.2. The lowest BCUT2D eigenvalue weighted by Crippen LogP contribution is -2.61. The second kappa shape index (κ2) is 4.98. The van der Waals surface area contributed by atoms with Crippen molar-refractivity contribution in [3.63, 3.8) is 0 Å². The molecule has 1 amide bonds. The summed E-state index contributed by atoms with van der Waals surface area (Å²) in [6.07, 6.45) is 0.962. The van der Waals surface area contributed by atoms with Crippen molar-refractivity contribution < 1.29 is 14.6 Å². The largest absolute Gasteiger partial charge is 0.494 e. The van der Waals surface area contributed by atoms with E-state index in [2.05, 4.69) is 0 Å². The molecule has 1 aliphatic rings. The number of hydrogen-bond acceptors (Lipinski definition) is 3. The van der Waals surface area contributed by atoms with Gasteiger partial charge in [-0.25, -0.2) is 0 Å². The highest BCUT2D eigenvalue weighted by Crippen LogP contribution is 2.23. The number of carbonyl (C=O) groups excluding carboxylic acids is 1. The second-order valence-electron chi connectivity index (χ2n) is 5.03. The average Bonchev–Trinajstić information content (AvgIpc) is 2.33. The first-order valence-corrected chi connectivity index (χ1v) is 6.26. The van der Waals surface area contributed by atoms with Crippen LogP contribution in [-0.4, -0.2) is 41.2 Å². The fraction of sp³-hybridized carbons (Fsp3) is 0.500. The predicted octanol–water partition coefficient (Wildman–Crippen LogP) is 1.68. The summed E-state index contributed by atoms with van der Waals surface area (Å²) < 4.78 is 5.46. The molecule has 4 nitrogen and oxygen atoms in total. The Kier molecular flexibility index (Phi) is 3.57. The number of carbonyl (C=O) groups is 1. The number of benzene rings is 1. The first-order chi connectivity index (χ1) is 8.52. The topological polar surface area (TPSA) is 49.8 Å². The van der Waals surface area contributed by atoms with Gasteiger partial charge < -0.3 is 14.7 Å². The van der Waals surface area contributed by atoms with Gasteiger partial charge >= 0.3 is 0 Å². The zero-order valence-corrected chi connectivity index (χ0v) is 10.8. The van der Waals surface area contributed by atoms with Crippen LogP contribution in [0.25, 0.3) is 0 Å². The van der Waals surface area contributed by atoms with Crippen molar-refractivity contribution in [2.24, 2.45) is 0 Å². The fourth-order valence-corrected chi connectivity index (χ4v) is 2.02. The molecule has 1 N–H and O–H groups in total. The highest BCUT2D eigenvalue weighted by molar-refractivity contribution is 5.95. The molecule has 1 aromatic carbocycles. The van der Waals surface area contributed by atoms with E-state index >= 15 is 0 Å². The molecule has 4 heteroatoms. The van der Waals surface area contributed by atoms with E-state index in [0.29, 0.717) is 25.3 Å². The molecule has 0 atom stereocenters. The van der Waals surface area contributed by atoms with Crippen molar-refractivity contribution in [2.45, 2.75) is 25.9 Å². The molecule has 0 spiro atoms. The van der Waals surface area contributed by atoms with Crippen molar-refractivity contribution in [3.8, 4) is 5.75 Å². The third-order valence-corrected chi connectivity index (χ3v) is 2.92. The SMILES string of the molecule is CCCOc1ccc(C(=O)N2CC(C)(O)C2)cc1. The second-order valence-corrected chi connectivity index (χ2v) is 5.03. The van der Waals surface area contributed by atoms with Crippen LogP contribution in [0.15, 0.2) is 24.3 Å². The van der Waals surface area contributed by atoms with E-state index in [4.69, 9.17) is 4.74 Å². The van der Waals surface area contributed by atoms with Gasteiger partial charge in [0.15, 0.2) is 0 Å². The molecule has 18 heavy (non-hydrogen) atoms. The first-order valence-electron chi connectivity index (χ1n) is 6.26. The summed E-state index contributed by atoms with van der Waals surface area (Å²) in [7, 11) is 0. The predicted molar refractivity (Wildman–Crippen MR) is 68.8 cm³/mol. The molecule has 98 valence electrons. The number of nitrogens with zero attached hydrogens (tertiary/aromatic N) is 1. The standard InChI is InChI=1S/C14H19NO3/c1-3-8-18-12-6-4-11(5-7-12)13(16)15-9-14(2,17)10-15/h4-7,17H,3,8-10H2,1-2H3. The van der Waals surface area contributed by atoms with E-state index in [0.717, 1.165) is 12.2 Å². The lowest BCUT2D eigenvalue weighted by molar-refractivity contribution is -0.0668. The molecule has 1 saturated heterocycles. The highest BCUT2D eigenvalue weighted by atomic mass is 16.5. The minimum Gasteiger partial charge on any atom is -0.494 e. The van der Waals surface area contributed by atoms with Crippen LogP contribution in [-0.2, 0) is 0 Å². The van der Waals surface area contributed by atoms with Crippen molar-refractivity contribution >= 4 is 5.91 Å². The Morgan fingerprint density at radius 1 is 1.39 bits per heavy atom. The maximum absolute atomic E-state index is 12.0. The Labute approximate surface area is 107 Å². The van der Waals surface area contributed by atoms with Crippen LogP contribution < -0.4 is 4.74 Å². The third kappa shape index (κ3) is 2.82. The Morgan fingerprint density at radius 3 is 2.50 bits per heavy atom. The minimum atomic E-state index is -0.722. The van der Waals surface area contributed by atoms with Crippen molar-refractivity contribution in [1.29, 1.82) is 0 Å². The van der Waals surface area contributed by atoms with E-state index in [1.54, 1.807) is 36.1 Å². The van der Waals surface area contributed by atoms with E-state index in [9.17, 15) is 9.90 Å². The smallest absolute Gasteiger partial charge is 0.254 e. The van der Waals surface area contributed by atoms with Crippen LogP contribution in [0.3, 0.4) is 0 Å². The van der Waals surface area contributed by atoms with E-state index < -0.39 is 5.60 Å². The van der Waals surface area contributed by atoms with E-state index in [-0.39, 0.29) is 5.91 Å². The Morgan fingerprint density at radius 2 is 2.00 bits per heavy atom. The molecule has 0 radical (unpaired) electrons. The number of β-amino-alcohol motifs (C(OH)–C–C–N with tert-alkyl or cyclic N) is 1. The molecule has 0 aromatic heterocycles. The third-order valence-electron chi connectivity index (χ3n) is 2.92. The molecular weight excluding hydrogens is 230 g/mol. The lowest BCUT2D eigenvalue weighted by Gasteiger charge is -2.44. The van der Waals surface area contributed by atoms with E-state index in [1.165, 1.54) is 0 Å². The highest BCUT2D eigenvalue weighted by Gasteiger charge is 2.39. The number of amides is 1. The molecule has 2 rings (SSSR count). The van der Waals surface area contributed by atoms with Crippen LogP contribution >= 0.6 is 0 Å². The van der Waals surface area contributed by atoms with E-state index in [1.807, 2.05) is 6.92 Å². The zero-order chi connectivity index (χ0) is 13.2. The van der Waals surface area contributed by atoms with Crippen LogP contribution in [0.5, 0.6) is 5.75 Å². The van der Waals surface area contributed by atoms with Crippen molar-refractivity contribution in [3.05, 3.63) is 29.8 Å². The fourth-order valence-electron chi connectivity index (χ4n) is 2.02. The number of ether oxygens (including phenoxy) is 1. The summed E-state index contributed by atoms with van der Waals surface area (Å²) in [6, 6.07) is 7.14. The van der Waals surface area contributed by atoms with Crippen LogP contribution in [0, 0.1) is 0 Å². The first kappa shape index (κ1) is 12.9. The number of rotatable bonds is 4. The van der Waals surface area contributed by atoms with Crippen molar-refractivity contribution in [2.75, 3.05) is 19.7 Å². The van der Waals surface area contributed by atoms with Gasteiger partial charge in [-0.1, -0.05) is 6.92 Å². The quantitative estimate of drug-likeness (QED) is 0.883.